The summed E-state index contributed by atoms with van der Waals surface area (Å²) in [7, 11) is 0. The minimum atomic E-state index is -1.37. The molecule has 1 aliphatic rings. The molecule has 0 bridgehead atoms. The van der Waals surface area contributed by atoms with Gasteiger partial charge < -0.3 is 19.3 Å². The van der Waals surface area contributed by atoms with Gasteiger partial charge in [0.25, 0.3) is 5.91 Å². The maximum Gasteiger partial charge on any atom is 0.306 e. The van der Waals surface area contributed by atoms with Gasteiger partial charge in [0, 0.05) is 37.5 Å². The molecule has 1 amide bonds. The van der Waals surface area contributed by atoms with Crippen LogP contribution in [0.3, 0.4) is 0 Å². The maximum absolute atomic E-state index is 14.0. The van der Waals surface area contributed by atoms with Crippen molar-refractivity contribution in [2.45, 2.75) is 70.1 Å². The minimum absolute atomic E-state index is 0.00941. The normalized spacial score (nSPS) is 18.0. The molecule has 3 N–H and O–H groups in total. The SMILES string of the molecule is C[C@@H]1OC(c2ccc(OCCCO)cc2)=N[C@]1(CCC(=O)OC(C)(C)C)C(=O)NNCC(c1ccccc1)c1ccccc1. The Morgan fingerprint density at radius 2 is 1.59 bits per heavy atom. The highest BCUT2D eigenvalue weighted by Gasteiger charge is 2.50. The van der Waals surface area contributed by atoms with E-state index in [0.29, 0.717) is 36.8 Å². The van der Waals surface area contributed by atoms with Crippen molar-refractivity contribution < 1.29 is 28.9 Å². The zero-order chi connectivity index (χ0) is 31.6. The Morgan fingerprint density at radius 1 is 0.977 bits per heavy atom. The predicted molar refractivity (Wildman–Crippen MR) is 169 cm³/mol. The van der Waals surface area contributed by atoms with Gasteiger partial charge in [-0.3, -0.25) is 15.0 Å². The summed E-state index contributed by atoms with van der Waals surface area (Å²) in [5.41, 5.74) is 6.91. The van der Waals surface area contributed by atoms with E-state index < -0.39 is 29.1 Å². The van der Waals surface area contributed by atoms with Gasteiger partial charge in [0.2, 0.25) is 5.90 Å². The van der Waals surface area contributed by atoms with E-state index in [4.69, 9.17) is 24.3 Å². The number of esters is 1. The molecule has 3 aromatic rings. The Bertz CT molecular complexity index is 1350. The topological polar surface area (TPSA) is 118 Å². The van der Waals surface area contributed by atoms with Crippen LogP contribution in [-0.4, -0.2) is 59.9 Å². The van der Waals surface area contributed by atoms with Crippen molar-refractivity contribution in [2.75, 3.05) is 19.8 Å². The van der Waals surface area contributed by atoms with Gasteiger partial charge in [-0.05, 0) is 69.5 Å². The Kier molecular flexibility index (Phi) is 11.1. The highest BCUT2D eigenvalue weighted by Crippen LogP contribution is 2.34. The third-order valence-electron chi connectivity index (χ3n) is 7.37. The van der Waals surface area contributed by atoms with Crippen LogP contribution in [0.15, 0.2) is 89.9 Å². The second kappa shape index (κ2) is 15.0. The van der Waals surface area contributed by atoms with Gasteiger partial charge in [0.05, 0.1) is 6.61 Å². The van der Waals surface area contributed by atoms with E-state index in [0.717, 1.165) is 11.1 Å². The Balaban J connectivity index is 1.54. The second-order valence-corrected chi connectivity index (χ2v) is 11.8. The van der Waals surface area contributed by atoms with Crippen LogP contribution in [0.25, 0.3) is 0 Å². The highest BCUT2D eigenvalue weighted by molar-refractivity contribution is 6.00. The summed E-state index contributed by atoms with van der Waals surface area (Å²) in [5.74, 6) is 0.145. The average Bonchev–Trinajstić information content (AvgIpc) is 3.35. The monoisotopic (exact) mass is 601 g/mol. The first-order chi connectivity index (χ1) is 21.1. The molecule has 3 aromatic carbocycles. The summed E-state index contributed by atoms with van der Waals surface area (Å²) in [6.07, 6.45) is -0.0241. The number of nitrogens with one attached hydrogen (secondary N) is 2. The van der Waals surface area contributed by atoms with Crippen molar-refractivity contribution >= 4 is 17.8 Å². The first-order valence-electron chi connectivity index (χ1n) is 15.1. The number of aliphatic hydroxyl groups is 1. The molecule has 0 unspecified atom stereocenters. The van der Waals surface area contributed by atoms with Crippen LogP contribution in [0.5, 0.6) is 5.75 Å². The molecule has 4 rings (SSSR count). The van der Waals surface area contributed by atoms with Crippen LogP contribution in [0.4, 0.5) is 0 Å². The number of ether oxygens (including phenoxy) is 3. The molecule has 0 aliphatic carbocycles. The molecule has 234 valence electrons. The smallest absolute Gasteiger partial charge is 0.306 e. The Labute approximate surface area is 259 Å². The van der Waals surface area contributed by atoms with Crippen molar-refractivity contribution in [3.05, 3.63) is 102 Å². The van der Waals surface area contributed by atoms with E-state index in [1.807, 2.05) is 69.3 Å². The summed E-state index contributed by atoms with van der Waals surface area (Å²) in [6.45, 7) is 8.11. The number of amides is 1. The summed E-state index contributed by atoms with van der Waals surface area (Å²) < 4.78 is 17.3. The molecule has 44 heavy (non-hydrogen) atoms. The van der Waals surface area contributed by atoms with Gasteiger partial charge in [-0.1, -0.05) is 60.7 Å². The lowest BCUT2D eigenvalue weighted by molar-refractivity contribution is -0.155. The van der Waals surface area contributed by atoms with Crippen LogP contribution >= 0.6 is 0 Å². The lowest BCUT2D eigenvalue weighted by Gasteiger charge is -2.29. The molecule has 0 aromatic heterocycles. The number of nitrogens with zero attached hydrogens (tertiary/aromatic N) is 1. The quantitative estimate of drug-likeness (QED) is 0.136. The molecule has 9 heteroatoms. The average molecular weight is 602 g/mol. The number of benzene rings is 3. The summed E-state index contributed by atoms with van der Waals surface area (Å²) in [4.78, 5) is 31.5. The lowest BCUT2D eigenvalue weighted by atomic mass is 9.88. The summed E-state index contributed by atoms with van der Waals surface area (Å²) in [6, 6.07) is 27.4. The van der Waals surface area contributed by atoms with Gasteiger partial charge in [-0.25, -0.2) is 10.4 Å². The van der Waals surface area contributed by atoms with E-state index in [1.54, 1.807) is 19.1 Å². The van der Waals surface area contributed by atoms with Gasteiger partial charge >= 0.3 is 5.97 Å². The molecular formula is C35H43N3O6. The molecule has 2 atom stereocenters. The zero-order valence-corrected chi connectivity index (χ0v) is 25.9. The molecule has 9 nitrogen and oxygen atoms in total. The Hall–Kier alpha value is -4.21. The summed E-state index contributed by atoms with van der Waals surface area (Å²) >= 11 is 0. The molecule has 0 spiro atoms. The second-order valence-electron chi connectivity index (χ2n) is 11.8. The van der Waals surface area contributed by atoms with Crippen LogP contribution in [-0.2, 0) is 19.1 Å². The number of hydrogen-bond donors (Lipinski definition) is 3. The third kappa shape index (κ3) is 8.67. The van der Waals surface area contributed by atoms with Crippen molar-refractivity contribution in [1.82, 2.24) is 10.9 Å². The minimum Gasteiger partial charge on any atom is -0.494 e. The molecule has 0 saturated carbocycles. The lowest BCUT2D eigenvalue weighted by Crippen LogP contribution is -2.55. The number of carbonyl (C=O) groups is 2. The van der Waals surface area contributed by atoms with Gasteiger partial charge in [-0.15, -0.1) is 0 Å². The number of hydrogen-bond acceptors (Lipinski definition) is 8. The largest absolute Gasteiger partial charge is 0.494 e. The van der Waals surface area contributed by atoms with Crippen LogP contribution < -0.4 is 15.6 Å². The molecule has 0 fully saturated rings. The Morgan fingerprint density at radius 3 is 2.16 bits per heavy atom. The molecule has 0 radical (unpaired) electrons. The zero-order valence-electron chi connectivity index (χ0n) is 25.9. The van der Waals surface area contributed by atoms with E-state index >= 15 is 0 Å². The standard InChI is InChI=1S/C35H43N3O6/c1-25-35(21-20-31(40)44-34(2,3)4,37-32(43-25)28-16-18-29(19-17-28)42-23-11-22-39)33(41)38-36-24-30(26-12-7-5-8-13-26)27-14-9-6-10-15-27/h5-10,12-19,25,30,36,39H,11,20-24H2,1-4H3,(H,38,41)/t25-,35-/m0/s1. The van der Waals surface area contributed by atoms with Gasteiger partial charge in [-0.2, -0.15) is 0 Å². The fraction of sp³-hybridized carbons (Fsp3) is 0.400. The number of aliphatic imine (C=N–C) groups is 1. The van der Waals surface area contributed by atoms with Crippen molar-refractivity contribution in [1.29, 1.82) is 0 Å². The highest BCUT2D eigenvalue weighted by atomic mass is 16.6. The fourth-order valence-electron chi connectivity index (χ4n) is 5.08. The van der Waals surface area contributed by atoms with E-state index in [9.17, 15) is 9.59 Å². The maximum atomic E-state index is 14.0. The van der Waals surface area contributed by atoms with Crippen LogP contribution in [0, 0.1) is 0 Å². The fourth-order valence-corrected chi connectivity index (χ4v) is 5.08. The van der Waals surface area contributed by atoms with Gasteiger partial charge in [0.15, 0.2) is 5.54 Å². The van der Waals surface area contributed by atoms with Crippen molar-refractivity contribution in [3.8, 4) is 5.75 Å². The van der Waals surface area contributed by atoms with E-state index in [-0.39, 0.29) is 25.4 Å². The van der Waals surface area contributed by atoms with E-state index in [1.165, 1.54) is 0 Å². The molecular weight excluding hydrogens is 558 g/mol. The predicted octanol–water partition coefficient (Wildman–Crippen LogP) is 4.93. The summed E-state index contributed by atoms with van der Waals surface area (Å²) in [5, 5.41) is 8.99. The number of rotatable bonds is 14. The van der Waals surface area contributed by atoms with Gasteiger partial charge in [0.1, 0.15) is 17.5 Å². The number of aliphatic hydroxyl groups excluding tert-OH is 1. The first kappa shape index (κ1) is 32.7. The first-order valence-corrected chi connectivity index (χ1v) is 15.1. The number of carbonyl (C=O) groups excluding carboxylic acids is 2. The molecule has 0 saturated heterocycles. The van der Waals surface area contributed by atoms with Crippen molar-refractivity contribution in [2.24, 2.45) is 4.99 Å². The molecule has 1 aliphatic heterocycles. The molecule has 1 heterocycles. The van der Waals surface area contributed by atoms with Crippen LogP contribution in [0.2, 0.25) is 0 Å². The number of hydrazine groups is 1. The van der Waals surface area contributed by atoms with E-state index in [2.05, 4.69) is 35.1 Å². The van der Waals surface area contributed by atoms with Crippen LogP contribution in [0.1, 0.15) is 69.6 Å². The van der Waals surface area contributed by atoms with Crippen molar-refractivity contribution in [3.63, 3.8) is 0 Å². The third-order valence-corrected chi connectivity index (χ3v) is 7.37.